The van der Waals surface area contributed by atoms with Crippen molar-refractivity contribution >= 4 is 5.69 Å². The zero-order chi connectivity index (χ0) is 19.6. The summed E-state index contributed by atoms with van der Waals surface area (Å²) in [5.74, 6) is 1.61. The molecule has 6 nitrogen and oxygen atoms in total. The van der Waals surface area contributed by atoms with Crippen molar-refractivity contribution in [1.29, 1.82) is 0 Å². The van der Waals surface area contributed by atoms with Crippen molar-refractivity contribution < 1.29 is 0 Å². The van der Waals surface area contributed by atoms with Crippen molar-refractivity contribution in [3.63, 3.8) is 0 Å². The SMILES string of the molecule is Cc1ccc(C)c(N2CCN(C(CC(C)C)c3nnnn3C(C)C)CC2)c1. The number of anilines is 1. The summed E-state index contributed by atoms with van der Waals surface area (Å²) < 4.78 is 1.99. The second-order valence-corrected chi connectivity index (χ2v) is 8.53. The quantitative estimate of drug-likeness (QED) is 0.774. The molecule has 1 aliphatic rings. The van der Waals surface area contributed by atoms with E-state index < -0.39 is 0 Å². The number of aromatic nitrogens is 4. The molecule has 1 aromatic carbocycles. The van der Waals surface area contributed by atoms with Gasteiger partial charge in [-0.2, -0.15) is 0 Å². The Morgan fingerprint density at radius 2 is 1.70 bits per heavy atom. The van der Waals surface area contributed by atoms with Gasteiger partial charge >= 0.3 is 0 Å². The van der Waals surface area contributed by atoms with Gasteiger partial charge in [0.05, 0.1) is 12.1 Å². The molecule has 2 heterocycles. The van der Waals surface area contributed by atoms with Gasteiger partial charge in [-0.25, -0.2) is 4.68 Å². The molecule has 3 rings (SSSR count). The van der Waals surface area contributed by atoms with Gasteiger partial charge in [-0.05, 0) is 67.7 Å². The van der Waals surface area contributed by atoms with Gasteiger partial charge < -0.3 is 4.90 Å². The highest BCUT2D eigenvalue weighted by molar-refractivity contribution is 5.55. The van der Waals surface area contributed by atoms with Crippen LogP contribution in [0, 0.1) is 19.8 Å². The highest BCUT2D eigenvalue weighted by Crippen LogP contribution is 2.30. The van der Waals surface area contributed by atoms with Crippen LogP contribution in [0.15, 0.2) is 18.2 Å². The second kappa shape index (κ2) is 8.38. The number of piperazine rings is 1. The monoisotopic (exact) mass is 370 g/mol. The molecular formula is C21H34N6. The molecule has 1 fully saturated rings. The summed E-state index contributed by atoms with van der Waals surface area (Å²) in [6, 6.07) is 7.30. The van der Waals surface area contributed by atoms with E-state index in [1.54, 1.807) is 0 Å². The third-order valence-electron chi connectivity index (χ3n) is 5.46. The van der Waals surface area contributed by atoms with Crippen molar-refractivity contribution in [2.24, 2.45) is 5.92 Å². The van der Waals surface area contributed by atoms with E-state index in [4.69, 9.17) is 0 Å². The highest BCUT2D eigenvalue weighted by Gasteiger charge is 2.30. The van der Waals surface area contributed by atoms with E-state index in [0.29, 0.717) is 5.92 Å². The first-order valence-electron chi connectivity index (χ1n) is 10.2. The van der Waals surface area contributed by atoms with E-state index in [2.05, 4.69) is 85.1 Å². The molecule has 1 atom stereocenters. The molecule has 27 heavy (non-hydrogen) atoms. The lowest BCUT2D eigenvalue weighted by atomic mass is 10.0. The fourth-order valence-corrected chi connectivity index (χ4v) is 3.99. The molecule has 1 unspecified atom stereocenters. The summed E-state index contributed by atoms with van der Waals surface area (Å²) in [4.78, 5) is 5.10. The lowest BCUT2D eigenvalue weighted by molar-refractivity contribution is 0.151. The van der Waals surface area contributed by atoms with Crippen LogP contribution in [0.25, 0.3) is 0 Å². The van der Waals surface area contributed by atoms with Crippen LogP contribution in [0.2, 0.25) is 0 Å². The van der Waals surface area contributed by atoms with E-state index in [-0.39, 0.29) is 12.1 Å². The molecule has 0 saturated carbocycles. The lowest BCUT2D eigenvalue weighted by Crippen LogP contribution is -2.48. The number of hydrogen-bond donors (Lipinski definition) is 0. The summed E-state index contributed by atoms with van der Waals surface area (Å²) in [6.07, 6.45) is 1.08. The summed E-state index contributed by atoms with van der Waals surface area (Å²) in [5.41, 5.74) is 4.06. The third kappa shape index (κ3) is 4.49. The predicted molar refractivity (Wildman–Crippen MR) is 110 cm³/mol. The molecule has 0 aliphatic carbocycles. The van der Waals surface area contributed by atoms with Crippen LogP contribution in [-0.2, 0) is 0 Å². The van der Waals surface area contributed by atoms with E-state index in [1.165, 1.54) is 16.8 Å². The fourth-order valence-electron chi connectivity index (χ4n) is 3.99. The molecule has 0 spiro atoms. The Morgan fingerprint density at radius 1 is 1.00 bits per heavy atom. The average Bonchev–Trinajstić information content (AvgIpc) is 3.11. The van der Waals surface area contributed by atoms with Crippen LogP contribution in [0.4, 0.5) is 5.69 Å². The molecule has 0 radical (unpaired) electrons. The molecule has 1 aliphatic heterocycles. The van der Waals surface area contributed by atoms with Gasteiger partial charge in [0.15, 0.2) is 5.82 Å². The van der Waals surface area contributed by atoms with Crippen LogP contribution in [-0.4, -0.2) is 51.3 Å². The topological polar surface area (TPSA) is 50.1 Å². The molecule has 148 valence electrons. The van der Waals surface area contributed by atoms with Crippen LogP contribution in [0.3, 0.4) is 0 Å². The van der Waals surface area contributed by atoms with Gasteiger partial charge in [-0.3, -0.25) is 4.90 Å². The first kappa shape index (κ1) is 19.8. The number of nitrogens with zero attached hydrogens (tertiary/aromatic N) is 6. The summed E-state index contributed by atoms with van der Waals surface area (Å²) in [5, 5.41) is 12.6. The molecule has 1 saturated heterocycles. The maximum Gasteiger partial charge on any atom is 0.168 e. The summed E-state index contributed by atoms with van der Waals surface area (Å²) in [7, 11) is 0. The number of benzene rings is 1. The lowest BCUT2D eigenvalue weighted by Gasteiger charge is -2.41. The van der Waals surface area contributed by atoms with Crippen LogP contribution >= 0.6 is 0 Å². The molecule has 0 bridgehead atoms. The minimum atomic E-state index is 0.279. The molecule has 0 amide bonds. The Bertz CT molecular complexity index is 743. The normalized spacial score (nSPS) is 17.1. The fraction of sp³-hybridized carbons (Fsp3) is 0.667. The Labute approximate surface area is 163 Å². The van der Waals surface area contributed by atoms with Gasteiger partial charge in [-0.1, -0.05) is 26.0 Å². The molecule has 2 aromatic rings. The zero-order valence-corrected chi connectivity index (χ0v) is 17.7. The maximum atomic E-state index is 4.42. The largest absolute Gasteiger partial charge is 0.369 e. The van der Waals surface area contributed by atoms with Crippen LogP contribution in [0.5, 0.6) is 0 Å². The van der Waals surface area contributed by atoms with Crippen LogP contribution in [0.1, 0.15) is 63.2 Å². The van der Waals surface area contributed by atoms with Gasteiger partial charge in [0, 0.05) is 31.9 Å². The van der Waals surface area contributed by atoms with Crippen molar-refractivity contribution in [2.75, 3.05) is 31.1 Å². The van der Waals surface area contributed by atoms with E-state index in [9.17, 15) is 0 Å². The third-order valence-corrected chi connectivity index (χ3v) is 5.46. The molecule has 1 aromatic heterocycles. The van der Waals surface area contributed by atoms with Gasteiger partial charge in [0.25, 0.3) is 0 Å². The second-order valence-electron chi connectivity index (χ2n) is 8.53. The van der Waals surface area contributed by atoms with Crippen molar-refractivity contribution in [3.05, 3.63) is 35.2 Å². The Hall–Kier alpha value is -1.95. The minimum Gasteiger partial charge on any atom is -0.369 e. The minimum absolute atomic E-state index is 0.279. The maximum absolute atomic E-state index is 4.42. The van der Waals surface area contributed by atoms with Crippen LogP contribution < -0.4 is 4.90 Å². The summed E-state index contributed by atoms with van der Waals surface area (Å²) >= 11 is 0. The van der Waals surface area contributed by atoms with E-state index in [1.807, 2.05) is 4.68 Å². The summed E-state index contributed by atoms with van der Waals surface area (Å²) in [6.45, 7) is 17.4. The number of aryl methyl sites for hydroxylation is 2. The van der Waals surface area contributed by atoms with E-state index >= 15 is 0 Å². The van der Waals surface area contributed by atoms with E-state index in [0.717, 1.165) is 38.4 Å². The molecule has 0 N–H and O–H groups in total. The van der Waals surface area contributed by atoms with Crippen molar-refractivity contribution in [3.8, 4) is 0 Å². The standard InChI is InChI=1S/C21H34N6/c1-15(2)13-20(21-22-23-24-27(21)16(3)4)26-11-9-25(10-12-26)19-14-17(5)7-8-18(19)6/h7-8,14-16,20H,9-13H2,1-6H3. The van der Waals surface area contributed by atoms with Gasteiger partial charge in [0.2, 0.25) is 0 Å². The van der Waals surface area contributed by atoms with Crippen molar-refractivity contribution in [1.82, 2.24) is 25.1 Å². The smallest absolute Gasteiger partial charge is 0.168 e. The number of rotatable bonds is 6. The number of tetrazole rings is 1. The number of hydrogen-bond acceptors (Lipinski definition) is 5. The Morgan fingerprint density at radius 3 is 2.33 bits per heavy atom. The van der Waals surface area contributed by atoms with Gasteiger partial charge in [-0.15, -0.1) is 5.10 Å². The molecule has 6 heteroatoms. The van der Waals surface area contributed by atoms with Gasteiger partial charge in [0.1, 0.15) is 0 Å². The first-order chi connectivity index (χ1) is 12.9. The first-order valence-corrected chi connectivity index (χ1v) is 10.2. The Balaban J connectivity index is 1.76. The van der Waals surface area contributed by atoms with Crippen molar-refractivity contribution in [2.45, 2.75) is 60.0 Å². The average molecular weight is 371 g/mol. The predicted octanol–water partition coefficient (Wildman–Crippen LogP) is 3.78. The molecular weight excluding hydrogens is 336 g/mol. The highest BCUT2D eigenvalue weighted by atomic mass is 15.6. The zero-order valence-electron chi connectivity index (χ0n) is 17.7. The Kier molecular flexibility index (Phi) is 6.15.